The molecule has 1 aliphatic carbocycles. The van der Waals surface area contributed by atoms with E-state index in [9.17, 15) is 4.79 Å². The number of nitrogens with zero attached hydrogens (tertiary/aromatic N) is 1. The maximum Gasteiger partial charge on any atom is 0.149 e. The van der Waals surface area contributed by atoms with E-state index in [1.54, 1.807) is 7.11 Å². The van der Waals surface area contributed by atoms with Gasteiger partial charge in [-0.15, -0.1) is 0 Å². The van der Waals surface area contributed by atoms with Gasteiger partial charge in [0.2, 0.25) is 0 Å². The van der Waals surface area contributed by atoms with E-state index in [0.29, 0.717) is 24.3 Å². The predicted octanol–water partition coefficient (Wildman–Crippen LogP) is 3.13. The summed E-state index contributed by atoms with van der Waals surface area (Å²) in [4.78, 5) is 14.8. The second kappa shape index (κ2) is 7.56. The van der Waals surface area contributed by atoms with Crippen molar-refractivity contribution in [3.63, 3.8) is 0 Å². The van der Waals surface area contributed by atoms with Crippen LogP contribution in [0.5, 0.6) is 0 Å². The van der Waals surface area contributed by atoms with Crippen molar-refractivity contribution < 1.29 is 9.53 Å². The van der Waals surface area contributed by atoms with Crippen molar-refractivity contribution in [2.45, 2.75) is 58.4 Å². The highest BCUT2D eigenvalue weighted by molar-refractivity contribution is 5.83. The van der Waals surface area contributed by atoms with Crippen LogP contribution in [-0.2, 0) is 9.53 Å². The summed E-state index contributed by atoms with van der Waals surface area (Å²) in [5.41, 5.74) is 0. The summed E-state index contributed by atoms with van der Waals surface area (Å²) < 4.78 is 5.27. The average Bonchev–Trinajstić information content (AvgIpc) is 2.86. The summed E-state index contributed by atoms with van der Waals surface area (Å²) in [7, 11) is 1.76. The summed E-state index contributed by atoms with van der Waals surface area (Å²) >= 11 is 0. The van der Waals surface area contributed by atoms with E-state index in [2.05, 4.69) is 18.7 Å². The van der Waals surface area contributed by atoms with Crippen LogP contribution in [0.2, 0.25) is 0 Å². The fourth-order valence-corrected chi connectivity index (χ4v) is 3.92. The summed E-state index contributed by atoms with van der Waals surface area (Å²) in [6.45, 7) is 7.12. The zero-order chi connectivity index (χ0) is 14.5. The van der Waals surface area contributed by atoms with Gasteiger partial charge in [-0.25, -0.2) is 0 Å². The molecular weight excluding hydrogens is 250 g/mol. The van der Waals surface area contributed by atoms with Crippen LogP contribution in [-0.4, -0.2) is 43.5 Å². The van der Waals surface area contributed by atoms with Crippen LogP contribution in [0.3, 0.4) is 0 Å². The maximum atomic E-state index is 12.5. The molecule has 0 radical (unpaired) electrons. The number of hydrogen-bond acceptors (Lipinski definition) is 3. The molecule has 0 aromatic carbocycles. The Hall–Kier alpha value is -0.410. The van der Waals surface area contributed by atoms with Crippen LogP contribution >= 0.6 is 0 Å². The second-order valence-electron chi connectivity index (χ2n) is 7.04. The van der Waals surface area contributed by atoms with Crippen LogP contribution in [0.15, 0.2) is 0 Å². The van der Waals surface area contributed by atoms with Crippen LogP contribution < -0.4 is 0 Å². The molecule has 1 heterocycles. The molecule has 1 saturated carbocycles. The Kier molecular flexibility index (Phi) is 6.03. The van der Waals surface area contributed by atoms with Crippen molar-refractivity contribution in [3.05, 3.63) is 0 Å². The van der Waals surface area contributed by atoms with Crippen molar-refractivity contribution in [3.8, 4) is 0 Å². The van der Waals surface area contributed by atoms with Crippen molar-refractivity contribution in [2.75, 3.05) is 26.8 Å². The molecule has 2 aliphatic rings. The summed E-state index contributed by atoms with van der Waals surface area (Å²) in [6.07, 6.45) is 7.11. The monoisotopic (exact) mass is 281 g/mol. The average molecular weight is 281 g/mol. The first-order valence-corrected chi connectivity index (χ1v) is 8.37. The largest absolute Gasteiger partial charge is 0.383 e. The number of hydrogen-bond donors (Lipinski definition) is 0. The minimum absolute atomic E-state index is 0.328. The highest BCUT2D eigenvalue weighted by Crippen LogP contribution is 2.34. The number of carbonyl (C=O) groups is 1. The van der Waals surface area contributed by atoms with E-state index in [-0.39, 0.29) is 0 Å². The van der Waals surface area contributed by atoms with E-state index in [1.165, 1.54) is 25.7 Å². The van der Waals surface area contributed by atoms with E-state index in [1.807, 2.05) is 0 Å². The van der Waals surface area contributed by atoms with Gasteiger partial charge in [-0.3, -0.25) is 9.69 Å². The van der Waals surface area contributed by atoms with Crippen molar-refractivity contribution in [2.24, 2.45) is 17.8 Å². The zero-order valence-corrected chi connectivity index (χ0v) is 13.4. The third-order valence-electron chi connectivity index (χ3n) is 5.39. The maximum absolute atomic E-state index is 12.5. The Morgan fingerprint density at radius 3 is 2.50 bits per heavy atom. The van der Waals surface area contributed by atoms with Crippen molar-refractivity contribution in [1.29, 1.82) is 0 Å². The molecule has 1 atom stereocenters. The quantitative estimate of drug-likeness (QED) is 0.749. The predicted molar refractivity (Wildman–Crippen MR) is 81.8 cm³/mol. The van der Waals surface area contributed by atoms with Crippen LogP contribution in [0.1, 0.15) is 52.4 Å². The molecule has 0 spiro atoms. The Balaban J connectivity index is 1.78. The van der Waals surface area contributed by atoms with E-state index < -0.39 is 0 Å². The summed E-state index contributed by atoms with van der Waals surface area (Å²) in [5, 5.41) is 0. The lowest BCUT2D eigenvalue weighted by Gasteiger charge is -2.31. The summed E-state index contributed by atoms with van der Waals surface area (Å²) in [5.74, 6) is 2.42. The van der Waals surface area contributed by atoms with Gasteiger partial charge in [0, 0.05) is 19.1 Å². The van der Waals surface area contributed by atoms with Gasteiger partial charge < -0.3 is 4.74 Å². The van der Waals surface area contributed by atoms with Gasteiger partial charge in [0.25, 0.3) is 0 Å². The Bertz CT molecular complexity index is 308. The fourth-order valence-electron chi connectivity index (χ4n) is 3.92. The first-order valence-electron chi connectivity index (χ1n) is 8.37. The van der Waals surface area contributed by atoms with Crippen LogP contribution in [0.4, 0.5) is 0 Å². The van der Waals surface area contributed by atoms with Gasteiger partial charge in [0.1, 0.15) is 5.78 Å². The van der Waals surface area contributed by atoms with Crippen molar-refractivity contribution in [1.82, 2.24) is 4.90 Å². The van der Waals surface area contributed by atoms with Crippen LogP contribution in [0, 0.1) is 17.8 Å². The lowest BCUT2D eigenvalue weighted by atomic mass is 9.75. The van der Waals surface area contributed by atoms with Crippen LogP contribution in [0.25, 0.3) is 0 Å². The molecule has 2 rings (SSSR count). The first-order chi connectivity index (χ1) is 9.61. The first kappa shape index (κ1) is 16.0. The smallest absolute Gasteiger partial charge is 0.149 e. The Morgan fingerprint density at radius 2 is 1.90 bits per heavy atom. The molecule has 0 N–H and O–H groups in total. The number of Topliss-reactive ketones (excluding diaryl/α,β-unsaturated/α-hetero) is 1. The summed E-state index contributed by atoms with van der Waals surface area (Å²) in [6, 6.07) is 0.468. The molecular formula is C17H31NO2. The van der Waals surface area contributed by atoms with E-state index in [4.69, 9.17) is 4.74 Å². The van der Waals surface area contributed by atoms with Gasteiger partial charge in [-0.2, -0.15) is 0 Å². The van der Waals surface area contributed by atoms with Gasteiger partial charge in [0.05, 0.1) is 13.2 Å². The molecule has 1 aliphatic heterocycles. The third kappa shape index (κ3) is 4.05. The Labute approximate surface area is 124 Å². The minimum Gasteiger partial charge on any atom is -0.383 e. The van der Waals surface area contributed by atoms with Gasteiger partial charge in [0.15, 0.2) is 0 Å². The molecule has 0 aromatic rings. The number of likely N-dealkylation sites (tertiary alicyclic amines) is 1. The molecule has 0 unspecified atom stereocenters. The standard InChI is InChI=1S/C17H31NO2/c1-13(2)14-6-8-15(9-7-14)17(19)11-18-10-4-5-16(18)12-20-3/h13-16H,4-12H2,1-3H3/t14?,15?,16-/m0/s1. The minimum atomic E-state index is 0.328. The van der Waals surface area contributed by atoms with Gasteiger partial charge in [-0.05, 0) is 56.9 Å². The van der Waals surface area contributed by atoms with E-state index >= 15 is 0 Å². The fraction of sp³-hybridized carbons (Fsp3) is 0.941. The lowest BCUT2D eigenvalue weighted by molar-refractivity contribution is -0.125. The highest BCUT2D eigenvalue weighted by atomic mass is 16.5. The lowest BCUT2D eigenvalue weighted by Crippen LogP contribution is -2.39. The number of ether oxygens (including phenoxy) is 1. The zero-order valence-electron chi connectivity index (χ0n) is 13.4. The second-order valence-corrected chi connectivity index (χ2v) is 7.04. The SMILES string of the molecule is COC[C@@H]1CCCN1CC(=O)C1CCC(C(C)C)CC1. The molecule has 3 heteroatoms. The number of carbonyl (C=O) groups excluding carboxylic acids is 1. The molecule has 3 nitrogen and oxygen atoms in total. The normalized spacial score (nSPS) is 31.9. The molecule has 116 valence electrons. The molecule has 0 amide bonds. The number of methoxy groups -OCH3 is 1. The topological polar surface area (TPSA) is 29.5 Å². The molecule has 0 bridgehead atoms. The van der Waals surface area contributed by atoms with Gasteiger partial charge in [-0.1, -0.05) is 13.8 Å². The van der Waals surface area contributed by atoms with Gasteiger partial charge >= 0.3 is 0 Å². The highest BCUT2D eigenvalue weighted by Gasteiger charge is 2.31. The molecule has 20 heavy (non-hydrogen) atoms. The Morgan fingerprint density at radius 1 is 1.20 bits per heavy atom. The van der Waals surface area contributed by atoms with E-state index in [0.717, 1.165) is 37.8 Å². The van der Waals surface area contributed by atoms with Crippen molar-refractivity contribution >= 4 is 5.78 Å². The molecule has 1 saturated heterocycles. The molecule has 0 aromatic heterocycles. The number of ketones is 1. The molecule has 2 fully saturated rings. The number of rotatable bonds is 6. The third-order valence-corrected chi connectivity index (χ3v) is 5.39.